The molecular weight excluding hydrogens is 250 g/mol. The Morgan fingerprint density at radius 3 is 2.70 bits per heavy atom. The molecule has 0 amide bonds. The predicted octanol–water partition coefficient (Wildman–Crippen LogP) is 3.67. The molecule has 0 aliphatic heterocycles. The smallest absolute Gasteiger partial charge is 0.148 e. The first-order valence-corrected chi connectivity index (χ1v) is 6.67. The van der Waals surface area contributed by atoms with Crippen molar-refractivity contribution in [1.29, 1.82) is 0 Å². The topological polar surface area (TPSA) is 49.9 Å². The van der Waals surface area contributed by atoms with Crippen LogP contribution in [0.2, 0.25) is 0 Å². The molecule has 0 spiro atoms. The number of H-pyrrole nitrogens is 1. The first-order valence-electron chi connectivity index (χ1n) is 6.67. The molecule has 0 bridgehead atoms. The second-order valence-corrected chi connectivity index (χ2v) is 4.63. The SMILES string of the molecule is CCNc1cc(-c2ccc3cc(OC)ccc3c2)[nH]n1. The molecule has 0 saturated heterocycles. The average Bonchev–Trinajstić information content (AvgIpc) is 2.95. The lowest BCUT2D eigenvalue weighted by Crippen LogP contribution is -1.95. The van der Waals surface area contributed by atoms with Gasteiger partial charge in [-0.3, -0.25) is 5.10 Å². The number of fused-ring (bicyclic) bond motifs is 1. The highest BCUT2D eigenvalue weighted by atomic mass is 16.5. The molecule has 102 valence electrons. The van der Waals surface area contributed by atoms with E-state index in [9.17, 15) is 0 Å². The maximum atomic E-state index is 5.24. The predicted molar refractivity (Wildman–Crippen MR) is 82.2 cm³/mol. The molecule has 20 heavy (non-hydrogen) atoms. The number of hydrogen-bond donors (Lipinski definition) is 2. The fourth-order valence-corrected chi connectivity index (χ4v) is 2.26. The van der Waals surface area contributed by atoms with Gasteiger partial charge >= 0.3 is 0 Å². The van der Waals surface area contributed by atoms with Gasteiger partial charge in [0.2, 0.25) is 0 Å². The van der Waals surface area contributed by atoms with Crippen LogP contribution >= 0.6 is 0 Å². The van der Waals surface area contributed by atoms with Crippen molar-refractivity contribution in [2.45, 2.75) is 6.92 Å². The van der Waals surface area contributed by atoms with Gasteiger partial charge in [0.15, 0.2) is 0 Å². The van der Waals surface area contributed by atoms with Crippen molar-refractivity contribution in [2.75, 3.05) is 19.0 Å². The lowest BCUT2D eigenvalue weighted by atomic mass is 10.0. The quantitative estimate of drug-likeness (QED) is 0.758. The van der Waals surface area contributed by atoms with E-state index in [4.69, 9.17) is 4.74 Å². The van der Waals surface area contributed by atoms with Crippen LogP contribution in [-0.2, 0) is 0 Å². The van der Waals surface area contributed by atoms with Crippen molar-refractivity contribution in [3.05, 3.63) is 42.5 Å². The van der Waals surface area contributed by atoms with E-state index in [-0.39, 0.29) is 0 Å². The second-order valence-electron chi connectivity index (χ2n) is 4.63. The molecule has 0 unspecified atom stereocenters. The van der Waals surface area contributed by atoms with Crippen LogP contribution in [0.25, 0.3) is 22.0 Å². The van der Waals surface area contributed by atoms with Crippen LogP contribution in [0.5, 0.6) is 5.75 Å². The third-order valence-corrected chi connectivity index (χ3v) is 3.29. The summed E-state index contributed by atoms with van der Waals surface area (Å²) in [4.78, 5) is 0. The van der Waals surface area contributed by atoms with Crippen molar-refractivity contribution in [1.82, 2.24) is 10.2 Å². The Labute approximate surface area is 117 Å². The fraction of sp³-hybridized carbons (Fsp3) is 0.188. The summed E-state index contributed by atoms with van der Waals surface area (Å²) in [7, 11) is 1.68. The number of aromatic amines is 1. The summed E-state index contributed by atoms with van der Waals surface area (Å²) in [6, 6.07) is 14.4. The molecule has 1 heterocycles. The van der Waals surface area contributed by atoms with E-state index in [0.717, 1.165) is 29.4 Å². The van der Waals surface area contributed by atoms with Crippen molar-refractivity contribution in [3.63, 3.8) is 0 Å². The number of anilines is 1. The number of hydrogen-bond acceptors (Lipinski definition) is 3. The molecule has 0 atom stereocenters. The van der Waals surface area contributed by atoms with Gasteiger partial charge in [0.25, 0.3) is 0 Å². The summed E-state index contributed by atoms with van der Waals surface area (Å²) in [6.45, 7) is 2.92. The zero-order chi connectivity index (χ0) is 13.9. The molecule has 2 aromatic carbocycles. The maximum absolute atomic E-state index is 5.24. The van der Waals surface area contributed by atoms with Crippen LogP contribution in [0.15, 0.2) is 42.5 Å². The van der Waals surface area contributed by atoms with Gasteiger partial charge in [0.05, 0.1) is 12.8 Å². The molecule has 0 fully saturated rings. The summed E-state index contributed by atoms with van der Waals surface area (Å²) < 4.78 is 5.24. The fourth-order valence-electron chi connectivity index (χ4n) is 2.26. The molecule has 4 heteroatoms. The van der Waals surface area contributed by atoms with Crippen LogP contribution in [-0.4, -0.2) is 23.9 Å². The van der Waals surface area contributed by atoms with Gasteiger partial charge in [-0.05, 0) is 35.9 Å². The summed E-state index contributed by atoms with van der Waals surface area (Å²) in [5, 5.41) is 12.8. The Balaban J connectivity index is 1.99. The van der Waals surface area contributed by atoms with Gasteiger partial charge in [-0.15, -0.1) is 0 Å². The lowest BCUT2D eigenvalue weighted by Gasteiger charge is -2.04. The van der Waals surface area contributed by atoms with Gasteiger partial charge in [-0.25, -0.2) is 0 Å². The van der Waals surface area contributed by atoms with Crippen LogP contribution in [0.1, 0.15) is 6.92 Å². The van der Waals surface area contributed by atoms with E-state index in [0.29, 0.717) is 0 Å². The number of nitrogens with one attached hydrogen (secondary N) is 2. The highest BCUT2D eigenvalue weighted by molar-refractivity contribution is 5.88. The molecule has 0 aliphatic carbocycles. The maximum Gasteiger partial charge on any atom is 0.148 e. The number of benzene rings is 2. The number of nitrogens with zero attached hydrogens (tertiary/aromatic N) is 1. The zero-order valence-corrected chi connectivity index (χ0v) is 11.6. The lowest BCUT2D eigenvalue weighted by molar-refractivity contribution is 0.415. The van der Waals surface area contributed by atoms with Gasteiger partial charge in [-0.1, -0.05) is 18.2 Å². The van der Waals surface area contributed by atoms with Crippen LogP contribution in [0, 0.1) is 0 Å². The van der Waals surface area contributed by atoms with Gasteiger partial charge < -0.3 is 10.1 Å². The van der Waals surface area contributed by atoms with Gasteiger partial charge in [0, 0.05) is 18.2 Å². The van der Waals surface area contributed by atoms with E-state index >= 15 is 0 Å². The Bertz CT molecular complexity index is 733. The van der Waals surface area contributed by atoms with E-state index < -0.39 is 0 Å². The van der Waals surface area contributed by atoms with Crippen LogP contribution in [0.3, 0.4) is 0 Å². The second kappa shape index (κ2) is 5.25. The molecule has 3 aromatic rings. The summed E-state index contributed by atoms with van der Waals surface area (Å²) >= 11 is 0. The summed E-state index contributed by atoms with van der Waals surface area (Å²) in [6.07, 6.45) is 0. The molecule has 0 radical (unpaired) electrons. The van der Waals surface area contributed by atoms with Gasteiger partial charge in [0.1, 0.15) is 11.6 Å². The molecule has 3 rings (SSSR count). The molecule has 0 saturated carbocycles. The molecule has 0 aliphatic rings. The Kier molecular flexibility index (Phi) is 3.29. The normalized spacial score (nSPS) is 10.7. The Morgan fingerprint density at radius 2 is 1.90 bits per heavy atom. The average molecular weight is 267 g/mol. The van der Waals surface area contributed by atoms with Crippen molar-refractivity contribution in [3.8, 4) is 17.0 Å². The third-order valence-electron chi connectivity index (χ3n) is 3.29. The monoisotopic (exact) mass is 267 g/mol. The number of methoxy groups -OCH3 is 1. The molecule has 2 N–H and O–H groups in total. The minimum atomic E-state index is 0.863. The summed E-state index contributed by atoms with van der Waals surface area (Å²) in [5.74, 6) is 1.75. The minimum Gasteiger partial charge on any atom is -0.497 e. The first-order chi connectivity index (χ1) is 9.80. The Morgan fingerprint density at radius 1 is 1.10 bits per heavy atom. The zero-order valence-electron chi connectivity index (χ0n) is 11.6. The first kappa shape index (κ1) is 12.5. The van der Waals surface area contributed by atoms with E-state index in [1.165, 1.54) is 10.8 Å². The largest absolute Gasteiger partial charge is 0.497 e. The van der Waals surface area contributed by atoms with Gasteiger partial charge in [-0.2, -0.15) is 5.10 Å². The molecular formula is C16H17N3O. The van der Waals surface area contributed by atoms with Crippen LogP contribution < -0.4 is 10.1 Å². The van der Waals surface area contributed by atoms with Crippen LogP contribution in [0.4, 0.5) is 5.82 Å². The number of ether oxygens (including phenoxy) is 1. The standard InChI is InChI=1S/C16H17N3O/c1-3-17-16-10-15(18-19-16)13-5-4-12-9-14(20-2)7-6-11(12)8-13/h4-10H,3H2,1-2H3,(H2,17,18,19). The molecule has 4 nitrogen and oxygen atoms in total. The highest BCUT2D eigenvalue weighted by Crippen LogP contribution is 2.26. The van der Waals surface area contributed by atoms with Crippen molar-refractivity contribution < 1.29 is 4.74 Å². The van der Waals surface area contributed by atoms with E-state index in [1.807, 2.05) is 18.2 Å². The summed E-state index contributed by atoms with van der Waals surface area (Å²) in [5.41, 5.74) is 2.14. The van der Waals surface area contributed by atoms with Crippen molar-refractivity contribution >= 4 is 16.6 Å². The minimum absolute atomic E-state index is 0.863. The third kappa shape index (κ3) is 2.32. The number of rotatable bonds is 4. The van der Waals surface area contributed by atoms with E-state index in [1.54, 1.807) is 7.11 Å². The van der Waals surface area contributed by atoms with E-state index in [2.05, 4.69) is 46.7 Å². The highest BCUT2D eigenvalue weighted by Gasteiger charge is 2.04. The van der Waals surface area contributed by atoms with Crippen molar-refractivity contribution in [2.24, 2.45) is 0 Å². The molecule has 1 aromatic heterocycles. The number of aromatic nitrogens is 2. The Hall–Kier alpha value is -2.49.